The molecule has 6 nitrogen and oxygen atoms in total. The zero-order valence-corrected chi connectivity index (χ0v) is 13.5. The maximum atomic E-state index is 12.9. The van der Waals surface area contributed by atoms with Crippen LogP contribution < -0.4 is 5.32 Å². The Balaban J connectivity index is 1.60. The Bertz CT molecular complexity index is 834. The van der Waals surface area contributed by atoms with Crippen LogP contribution in [0.3, 0.4) is 0 Å². The number of nitrogens with zero attached hydrogens (tertiary/aromatic N) is 3. The number of amides is 2. The van der Waals surface area contributed by atoms with Gasteiger partial charge >= 0.3 is 0 Å². The van der Waals surface area contributed by atoms with Gasteiger partial charge in [0.25, 0.3) is 5.91 Å². The summed E-state index contributed by atoms with van der Waals surface area (Å²) in [6.07, 6.45) is 4.50. The average molecular weight is 322 g/mol. The Kier molecular flexibility index (Phi) is 3.52. The first-order valence-electron chi connectivity index (χ1n) is 8.12. The molecular weight excluding hydrogens is 304 g/mol. The minimum Gasteiger partial charge on any atom is -0.334 e. The largest absolute Gasteiger partial charge is 0.334 e. The fraction of sp³-hybridized carbons (Fsp3) is 0.333. The number of anilines is 1. The molecule has 1 N–H and O–H groups in total. The van der Waals surface area contributed by atoms with E-state index in [1.807, 2.05) is 17.0 Å². The number of nitrogens with one attached hydrogen (secondary N) is 1. The van der Waals surface area contributed by atoms with Gasteiger partial charge in [0.05, 0.1) is 5.69 Å². The van der Waals surface area contributed by atoms with Crippen molar-refractivity contribution in [3.8, 4) is 0 Å². The van der Waals surface area contributed by atoms with Gasteiger partial charge in [-0.2, -0.15) is 0 Å². The van der Waals surface area contributed by atoms with Gasteiger partial charge < -0.3 is 10.2 Å². The molecule has 0 saturated heterocycles. The molecule has 2 aliphatic rings. The predicted octanol–water partition coefficient (Wildman–Crippen LogP) is 2.12. The van der Waals surface area contributed by atoms with E-state index >= 15 is 0 Å². The van der Waals surface area contributed by atoms with Crippen LogP contribution in [0, 0.1) is 0 Å². The summed E-state index contributed by atoms with van der Waals surface area (Å²) in [4.78, 5) is 34.6. The third-order valence-electron chi connectivity index (χ3n) is 4.68. The summed E-state index contributed by atoms with van der Waals surface area (Å²) in [5.74, 6) is 0.233. The molecule has 1 aromatic carbocycles. The Morgan fingerprint density at radius 3 is 3.04 bits per heavy atom. The van der Waals surface area contributed by atoms with Crippen LogP contribution in [0.15, 0.2) is 30.7 Å². The molecule has 6 heteroatoms. The van der Waals surface area contributed by atoms with Gasteiger partial charge in [0.2, 0.25) is 5.91 Å². The molecule has 2 amide bonds. The normalized spacial score (nSPS) is 19.3. The number of fused-ring (bicyclic) bond motifs is 2. The lowest BCUT2D eigenvalue weighted by Gasteiger charge is -2.32. The summed E-state index contributed by atoms with van der Waals surface area (Å²) in [6, 6.07) is 5.51. The van der Waals surface area contributed by atoms with E-state index in [-0.39, 0.29) is 17.7 Å². The Labute approximate surface area is 139 Å². The van der Waals surface area contributed by atoms with Crippen LogP contribution in [-0.2, 0) is 17.8 Å². The lowest BCUT2D eigenvalue weighted by atomic mass is 9.96. The molecule has 0 bridgehead atoms. The SMILES string of the molecule is C[C@H]1CN(C(=O)c2ccc3c(c2)CCC(=O)N3)Cc2cncnc21. The predicted molar refractivity (Wildman–Crippen MR) is 88.6 cm³/mol. The molecular formula is C18H18N4O2. The second-order valence-corrected chi connectivity index (χ2v) is 6.44. The first kappa shape index (κ1) is 14.8. The quantitative estimate of drug-likeness (QED) is 0.872. The van der Waals surface area contributed by atoms with E-state index in [0.717, 1.165) is 22.5 Å². The molecule has 0 radical (unpaired) electrons. The number of aromatic nitrogens is 2. The van der Waals surface area contributed by atoms with Crippen LogP contribution in [-0.4, -0.2) is 33.2 Å². The summed E-state index contributed by atoms with van der Waals surface area (Å²) in [7, 11) is 0. The molecule has 0 saturated carbocycles. The molecule has 0 fully saturated rings. The van der Waals surface area contributed by atoms with Crippen LogP contribution in [0.2, 0.25) is 0 Å². The highest BCUT2D eigenvalue weighted by Crippen LogP contribution is 2.28. The summed E-state index contributed by atoms with van der Waals surface area (Å²) in [6.45, 7) is 3.26. The fourth-order valence-corrected chi connectivity index (χ4v) is 3.47. The highest BCUT2D eigenvalue weighted by Gasteiger charge is 2.28. The van der Waals surface area contributed by atoms with Crippen molar-refractivity contribution in [2.75, 3.05) is 11.9 Å². The number of hydrogen-bond acceptors (Lipinski definition) is 4. The van der Waals surface area contributed by atoms with Gasteiger partial charge in [0, 0.05) is 48.4 Å². The number of carbonyl (C=O) groups excluding carboxylic acids is 2. The lowest BCUT2D eigenvalue weighted by Crippen LogP contribution is -2.38. The Morgan fingerprint density at radius 1 is 1.29 bits per heavy atom. The second kappa shape index (κ2) is 5.70. The van der Waals surface area contributed by atoms with Gasteiger partial charge in [0.1, 0.15) is 6.33 Å². The molecule has 0 unspecified atom stereocenters. The van der Waals surface area contributed by atoms with Gasteiger partial charge in [-0.15, -0.1) is 0 Å². The summed E-state index contributed by atoms with van der Waals surface area (Å²) in [5, 5.41) is 2.85. The zero-order chi connectivity index (χ0) is 16.7. The van der Waals surface area contributed by atoms with Crippen molar-refractivity contribution in [3.63, 3.8) is 0 Å². The Hall–Kier alpha value is -2.76. The van der Waals surface area contributed by atoms with Gasteiger partial charge in [-0.25, -0.2) is 9.97 Å². The molecule has 1 aromatic heterocycles. The fourth-order valence-electron chi connectivity index (χ4n) is 3.47. The molecule has 0 spiro atoms. The van der Waals surface area contributed by atoms with Crippen LogP contribution in [0.25, 0.3) is 0 Å². The van der Waals surface area contributed by atoms with Crippen molar-refractivity contribution in [2.24, 2.45) is 0 Å². The van der Waals surface area contributed by atoms with Crippen LogP contribution in [0.4, 0.5) is 5.69 Å². The summed E-state index contributed by atoms with van der Waals surface area (Å²) in [5.41, 5.74) is 4.54. The molecule has 24 heavy (non-hydrogen) atoms. The minimum atomic E-state index is 0.0102. The summed E-state index contributed by atoms with van der Waals surface area (Å²) < 4.78 is 0. The van der Waals surface area contributed by atoms with Crippen molar-refractivity contribution in [2.45, 2.75) is 32.2 Å². The average Bonchev–Trinajstić information content (AvgIpc) is 2.60. The first-order chi connectivity index (χ1) is 11.6. The molecule has 122 valence electrons. The minimum absolute atomic E-state index is 0.0102. The monoisotopic (exact) mass is 322 g/mol. The van der Waals surface area contributed by atoms with E-state index in [1.165, 1.54) is 0 Å². The Morgan fingerprint density at radius 2 is 2.17 bits per heavy atom. The third-order valence-corrected chi connectivity index (χ3v) is 4.68. The van der Waals surface area contributed by atoms with Gasteiger partial charge in [-0.1, -0.05) is 6.92 Å². The van der Waals surface area contributed by atoms with Crippen molar-refractivity contribution in [3.05, 3.63) is 53.1 Å². The topological polar surface area (TPSA) is 75.2 Å². The molecule has 2 aromatic rings. The van der Waals surface area contributed by atoms with Crippen molar-refractivity contribution in [1.29, 1.82) is 0 Å². The number of benzene rings is 1. The number of hydrogen-bond donors (Lipinski definition) is 1. The first-order valence-corrected chi connectivity index (χ1v) is 8.12. The maximum Gasteiger partial charge on any atom is 0.254 e. The molecule has 3 heterocycles. The lowest BCUT2D eigenvalue weighted by molar-refractivity contribution is -0.116. The van der Waals surface area contributed by atoms with Crippen molar-refractivity contribution in [1.82, 2.24) is 14.9 Å². The van der Waals surface area contributed by atoms with Gasteiger partial charge in [-0.3, -0.25) is 9.59 Å². The smallest absolute Gasteiger partial charge is 0.254 e. The van der Waals surface area contributed by atoms with E-state index in [1.54, 1.807) is 18.6 Å². The van der Waals surface area contributed by atoms with Crippen molar-refractivity contribution < 1.29 is 9.59 Å². The standard InChI is InChI=1S/C18H18N4O2/c1-11-8-22(9-14-7-19-10-20-17(11)14)18(24)13-2-4-15-12(6-13)3-5-16(23)21-15/h2,4,6-7,10-11H,3,5,8-9H2,1H3,(H,21,23)/t11-/m0/s1. The molecule has 2 aliphatic heterocycles. The molecule has 4 rings (SSSR count). The van der Waals surface area contributed by atoms with E-state index in [9.17, 15) is 9.59 Å². The highest BCUT2D eigenvalue weighted by atomic mass is 16.2. The summed E-state index contributed by atoms with van der Waals surface area (Å²) >= 11 is 0. The zero-order valence-electron chi connectivity index (χ0n) is 13.5. The highest BCUT2D eigenvalue weighted by molar-refractivity contribution is 5.98. The second-order valence-electron chi connectivity index (χ2n) is 6.44. The van der Waals surface area contributed by atoms with E-state index in [2.05, 4.69) is 22.2 Å². The molecule has 0 aliphatic carbocycles. The van der Waals surface area contributed by atoms with Crippen LogP contribution in [0.5, 0.6) is 0 Å². The van der Waals surface area contributed by atoms with E-state index < -0.39 is 0 Å². The van der Waals surface area contributed by atoms with Crippen LogP contribution in [0.1, 0.15) is 46.4 Å². The van der Waals surface area contributed by atoms with E-state index in [0.29, 0.717) is 31.5 Å². The molecule has 1 atom stereocenters. The van der Waals surface area contributed by atoms with Crippen LogP contribution >= 0.6 is 0 Å². The number of carbonyl (C=O) groups is 2. The number of rotatable bonds is 1. The van der Waals surface area contributed by atoms with E-state index in [4.69, 9.17) is 0 Å². The van der Waals surface area contributed by atoms with Crippen molar-refractivity contribution >= 4 is 17.5 Å². The third kappa shape index (κ3) is 2.54. The maximum absolute atomic E-state index is 12.9. The number of aryl methyl sites for hydroxylation is 1. The van der Waals surface area contributed by atoms with Gasteiger partial charge in [0.15, 0.2) is 0 Å². The van der Waals surface area contributed by atoms with Gasteiger partial charge in [-0.05, 0) is 30.2 Å².